The Kier molecular flexibility index (Phi) is 6.00. The molecule has 0 atom stereocenters. The molecule has 0 aromatic carbocycles. The maximum absolute atomic E-state index is 11.9. The van der Waals surface area contributed by atoms with Crippen molar-refractivity contribution >= 4 is 34.7 Å². The molecule has 3 N–H and O–H groups in total. The fourth-order valence-electron chi connectivity index (χ4n) is 2.97. The topological polar surface area (TPSA) is 116 Å². The molecule has 1 fully saturated rings. The van der Waals surface area contributed by atoms with Crippen molar-refractivity contribution in [1.82, 2.24) is 9.36 Å². The molecule has 1 amide bonds. The van der Waals surface area contributed by atoms with Crippen LogP contribution >= 0.6 is 11.5 Å². The van der Waals surface area contributed by atoms with E-state index < -0.39 is 5.91 Å². The number of nitrogens with one attached hydrogen (secondary N) is 1. The molecule has 3 rings (SSSR count). The molecule has 0 bridgehead atoms. The lowest BCUT2D eigenvalue weighted by atomic mass is 9.90. The summed E-state index contributed by atoms with van der Waals surface area (Å²) in [5, 5.41) is 3.34. The normalized spacial score (nSPS) is 14.6. The molecular formula is C17H20N4O4S. The van der Waals surface area contributed by atoms with Gasteiger partial charge in [-0.25, -0.2) is 4.98 Å². The zero-order chi connectivity index (χ0) is 18.4. The molecule has 0 unspecified atom stereocenters. The van der Waals surface area contributed by atoms with Crippen molar-refractivity contribution in [3.05, 3.63) is 23.9 Å². The van der Waals surface area contributed by atoms with E-state index >= 15 is 0 Å². The number of amides is 1. The number of ether oxygens (including phenoxy) is 2. The van der Waals surface area contributed by atoms with Gasteiger partial charge in [-0.05, 0) is 42.4 Å². The van der Waals surface area contributed by atoms with Crippen LogP contribution in [0.5, 0.6) is 11.6 Å². The molecule has 9 heteroatoms. The third kappa shape index (κ3) is 4.29. The van der Waals surface area contributed by atoms with Gasteiger partial charge < -0.3 is 20.5 Å². The first-order valence-electron chi connectivity index (χ1n) is 8.43. The van der Waals surface area contributed by atoms with Gasteiger partial charge >= 0.3 is 0 Å². The number of aromatic nitrogens is 2. The Morgan fingerprint density at radius 3 is 2.92 bits per heavy atom. The smallest absolute Gasteiger partial charge is 0.298 e. The lowest BCUT2D eigenvalue weighted by Gasteiger charge is -2.21. The summed E-state index contributed by atoms with van der Waals surface area (Å²) in [6.07, 6.45) is 7.47. The number of pyridine rings is 1. The van der Waals surface area contributed by atoms with E-state index in [1.807, 2.05) is 0 Å². The largest absolute Gasteiger partial charge is 0.476 e. The van der Waals surface area contributed by atoms with Crippen molar-refractivity contribution in [1.29, 1.82) is 0 Å². The summed E-state index contributed by atoms with van der Waals surface area (Å²) >= 11 is 1.04. The van der Waals surface area contributed by atoms with Gasteiger partial charge in [-0.2, -0.15) is 4.37 Å². The van der Waals surface area contributed by atoms with Crippen LogP contribution in [0.25, 0.3) is 0 Å². The van der Waals surface area contributed by atoms with Crippen molar-refractivity contribution in [3.8, 4) is 11.6 Å². The molecule has 1 aliphatic carbocycles. The van der Waals surface area contributed by atoms with Crippen LogP contribution in [0.15, 0.2) is 18.3 Å². The molecule has 8 nitrogen and oxygen atoms in total. The number of nitrogens with zero attached hydrogens (tertiary/aromatic N) is 2. The van der Waals surface area contributed by atoms with E-state index in [0.29, 0.717) is 24.0 Å². The monoisotopic (exact) mass is 376 g/mol. The summed E-state index contributed by atoms with van der Waals surface area (Å²) in [6.45, 7) is 0.828. The molecule has 2 aromatic rings. The van der Waals surface area contributed by atoms with Crippen molar-refractivity contribution < 1.29 is 19.1 Å². The Morgan fingerprint density at radius 1 is 1.38 bits per heavy atom. The number of nitrogens with two attached hydrogens (primary N) is 1. The maximum atomic E-state index is 11.9. The fraction of sp³-hybridized carbons (Fsp3) is 0.412. The Hall–Kier alpha value is -2.68. The van der Waals surface area contributed by atoms with Crippen LogP contribution in [0.4, 0.5) is 10.8 Å². The molecule has 26 heavy (non-hydrogen) atoms. The van der Waals surface area contributed by atoms with E-state index in [9.17, 15) is 9.59 Å². The summed E-state index contributed by atoms with van der Waals surface area (Å²) in [5.74, 6) is 0.574. The van der Waals surface area contributed by atoms with E-state index in [1.165, 1.54) is 25.5 Å². The lowest BCUT2D eigenvalue weighted by molar-refractivity contribution is -0.120. The second kappa shape index (κ2) is 8.61. The van der Waals surface area contributed by atoms with Crippen molar-refractivity contribution in [2.45, 2.75) is 32.1 Å². The minimum absolute atomic E-state index is 0.175. The van der Waals surface area contributed by atoms with Gasteiger partial charge in [0.15, 0.2) is 11.6 Å². The van der Waals surface area contributed by atoms with Gasteiger partial charge in [-0.1, -0.05) is 19.3 Å². The average molecular weight is 376 g/mol. The Bertz CT molecular complexity index is 774. The van der Waals surface area contributed by atoms with Crippen LogP contribution in [-0.2, 0) is 4.79 Å². The molecule has 2 aromatic heterocycles. The third-order valence-corrected chi connectivity index (χ3v) is 5.01. The third-order valence-electron chi connectivity index (χ3n) is 4.27. The second-order valence-electron chi connectivity index (χ2n) is 6.06. The van der Waals surface area contributed by atoms with Crippen molar-refractivity contribution in [3.63, 3.8) is 0 Å². The minimum Gasteiger partial charge on any atom is -0.476 e. The molecule has 1 saturated carbocycles. The van der Waals surface area contributed by atoms with Gasteiger partial charge in [0, 0.05) is 6.20 Å². The first-order chi connectivity index (χ1) is 12.7. The molecule has 0 aliphatic heterocycles. The Labute approximate surface area is 154 Å². The fourth-order valence-corrected chi connectivity index (χ4v) is 3.71. The van der Waals surface area contributed by atoms with Crippen molar-refractivity contribution in [2.24, 2.45) is 11.7 Å². The summed E-state index contributed by atoms with van der Waals surface area (Å²) in [7, 11) is 0. The molecule has 138 valence electrons. The van der Waals surface area contributed by atoms with E-state index in [-0.39, 0.29) is 23.0 Å². The number of carbonyl (C=O) groups is 2. The van der Waals surface area contributed by atoms with Gasteiger partial charge in [-0.15, -0.1) is 0 Å². The van der Waals surface area contributed by atoms with E-state index in [1.54, 1.807) is 12.1 Å². The first kappa shape index (κ1) is 18.1. The van der Waals surface area contributed by atoms with Crippen LogP contribution in [-0.4, -0.2) is 28.3 Å². The second-order valence-corrected chi connectivity index (χ2v) is 6.83. The van der Waals surface area contributed by atoms with Crippen LogP contribution in [0, 0.1) is 5.92 Å². The lowest BCUT2D eigenvalue weighted by Crippen LogP contribution is -2.18. The highest BCUT2D eigenvalue weighted by atomic mass is 32.1. The van der Waals surface area contributed by atoms with Crippen LogP contribution < -0.4 is 20.5 Å². The Balaban J connectivity index is 1.76. The SMILES string of the molecule is NC(=O)c1c(OCC2CCCCC2)nsc1Nc1ncccc1OC=O. The number of primary amides is 1. The van der Waals surface area contributed by atoms with E-state index in [0.717, 1.165) is 24.4 Å². The number of carbonyl (C=O) groups excluding carboxylic acids is 2. The summed E-state index contributed by atoms with van der Waals surface area (Å²) in [6, 6.07) is 3.21. The zero-order valence-corrected chi connectivity index (χ0v) is 15.0. The summed E-state index contributed by atoms with van der Waals surface area (Å²) in [5.41, 5.74) is 5.69. The van der Waals surface area contributed by atoms with Gasteiger partial charge in [0.1, 0.15) is 10.6 Å². The van der Waals surface area contributed by atoms with Gasteiger partial charge in [-0.3, -0.25) is 9.59 Å². The zero-order valence-electron chi connectivity index (χ0n) is 14.1. The summed E-state index contributed by atoms with van der Waals surface area (Å²) < 4.78 is 14.9. The van der Waals surface area contributed by atoms with E-state index in [4.69, 9.17) is 15.2 Å². The van der Waals surface area contributed by atoms with Gasteiger partial charge in [0.25, 0.3) is 12.4 Å². The van der Waals surface area contributed by atoms with Crippen LogP contribution in [0.1, 0.15) is 42.5 Å². The quantitative estimate of drug-likeness (QED) is 0.680. The van der Waals surface area contributed by atoms with Gasteiger partial charge in [0.05, 0.1) is 6.61 Å². The van der Waals surface area contributed by atoms with Crippen LogP contribution in [0.3, 0.4) is 0 Å². The van der Waals surface area contributed by atoms with Crippen LogP contribution in [0.2, 0.25) is 0 Å². The van der Waals surface area contributed by atoms with E-state index in [2.05, 4.69) is 14.7 Å². The molecular weight excluding hydrogens is 356 g/mol. The standard InChI is InChI=1S/C17H20N4O4S/c18-14(23)13-16(24-9-11-5-2-1-3-6-11)21-26-17(13)20-15-12(25-10-22)7-4-8-19-15/h4,7-8,10-11H,1-3,5-6,9H2,(H2,18,23)(H,19,20). The predicted molar refractivity (Wildman–Crippen MR) is 96.9 cm³/mol. The van der Waals surface area contributed by atoms with Crippen molar-refractivity contribution in [2.75, 3.05) is 11.9 Å². The van der Waals surface area contributed by atoms with Gasteiger partial charge in [0.2, 0.25) is 5.88 Å². The average Bonchev–Trinajstić information content (AvgIpc) is 3.05. The highest BCUT2D eigenvalue weighted by Gasteiger charge is 2.23. The first-order valence-corrected chi connectivity index (χ1v) is 9.21. The number of anilines is 2. The minimum atomic E-state index is -0.645. The number of hydrogen-bond acceptors (Lipinski definition) is 8. The highest BCUT2D eigenvalue weighted by Crippen LogP contribution is 2.35. The number of hydrogen-bond donors (Lipinski definition) is 2. The number of rotatable bonds is 8. The molecule has 0 radical (unpaired) electrons. The molecule has 0 saturated heterocycles. The predicted octanol–water partition coefficient (Wildman–Crippen LogP) is 2.87. The Morgan fingerprint density at radius 2 is 2.19 bits per heavy atom. The highest BCUT2D eigenvalue weighted by molar-refractivity contribution is 7.11. The molecule has 0 spiro atoms. The maximum Gasteiger partial charge on any atom is 0.298 e. The summed E-state index contributed by atoms with van der Waals surface area (Å²) in [4.78, 5) is 26.6. The molecule has 1 aliphatic rings. The molecule has 2 heterocycles.